The first kappa shape index (κ1) is 15.8. The third kappa shape index (κ3) is 4.45. The second kappa shape index (κ2) is 7.44. The Bertz CT molecular complexity index is 478. The first-order valence-electron chi connectivity index (χ1n) is 7.62. The van der Waals surface area contributed by atoms with E-state index in [1.807, 2.05) is 12.1 Å². The van der Waals surface area contributed by atoms with Crippen molar-refractivity contribution in [2.75, 3.05) is 40.3 Å². The average Bonchev–Trinajstić information content (AvgIpc) is 2.85. The molecule has 4 heteroatoms. The van der Waals surface area contributed by atoms with Gasteiger partial charge in [0.2, 0.25) is 0 Å². The van der Waals surface area contributed by atoms with E-state index in [1.165, 1.54) is 6.54 Å². The number of ether oxygens (including phenoxy) is 1. The maximum absolute atomic E-state index is 8.75. The van der Waals surface area contributed by atoms with Gasteiger partial charge in [0, 0.05) is 25.7 Å². The molecule has 0 aromatic heterocycles. The van der Waals surface area contributed by atoms with Gasteiger partial charge in [-0.25, -0.2) is 0 Å². The highest BCUT2D eigenvalue weighted by Gasteiger charge is 2.30. The molecule has 0 unspecified atom stereocenters. The number of benzene rings is 1. The third-order valence-corrected chi connectivity index (χ3v) is 4.18. The quantitative estimate of drug-likeness (QED) is 0.752. The molecule has 0 saturated carbocycles. The zero-order valence-electron chi connectivity index (χ0n) is 13.2. The molecule has 1 heterocycles. The monoisotopic (exact) mass is 287 g/mol. The second-order valence-corrected chi connectivity index (χ2v) is 6.11. The number of hydrogen-bond donors (Lipinski definition) is 0. The molecule has 1 aliphatic rings. The lowest BCUT2D eigenvalue weighted by Crippen LogP contribution is -2.34. The van der Waals surface area contributed by atoms with E-state index in [1.54, 1.807) is 12.1 Å². The van der Waals surface area contributed by atoms with Gasteiger partial charge in [-0.3, -0.25) is 0 Å². The highest BCUT2D eigenvalue weighted by molar-refractivity contribution is 5.34. The lowest BCUT2D eigenvalue weighted by atomic mass is 10.1. The molecule has 4 nitrogen and oxygen atoms in total. The summed E-state index contributed by atoms with van der Waals surface area (Å²) in [6, 6.07) is 10.1. The molecule has 1 fully saturated rings. The molecule has 1 aromatic rings. The van der Waals surface area contributed by atoms with Crippen LogP contribution in [0.15, 0.2) is 24.3 Å². The van der Waals surface area contributed by atoms with Crippen LogP contribution in [0.3, 0.4) is 0 Å². The molecule has 0 bridgehead atoms. The zero-order chi connectivity index (χ0) is 15.2. The van der Waals surface area contributed by atoms with Crippen molar-refractivity contribution in [3.8, 4) is 11.8 Å². The van der Waals surface area contributed by atoms with Crippen LogP contribution in [0.4, 0.5) is 0 Å². The van der Waals surface area contributed by atoms with Crippen LogP contribution in [0.1, 0.15) is 18.9 Å². The molecule has 114 valence electrons. The first-order valence-corrected chi connectivity index (χ1v) is 7.62. The molecule has 2 atom stereocenters. The summed E-state index contributed by atoms with van der Waals surface area (Å²) < 4.78 is 5.72. The van der Waals surface area contributed by atoms with Crippen LogP contribution in [-0.4, -0.2) is 56.2 Å². The predicted molar refractivity (Wildman–Crippen MR) is 84.3 cm³/mol. The van der Waals surface area contributed by atoms with Crippen molar-refractivity contribution in [3.63, 3.8) is 0 Å². The Morgan fingerprint density at radius 3 is 2.57 bits per heavy atom. The minimum atomic E-state index is 0.670. The Morgan fingerprint density at radius 2 is 2.00 bits per heavy atom. The van der Waals surface area contributed by atoms with Crippen LogP contribution < -0.4 is 4.74 Å². The number of hydrogen-bond acceptors (Lipinski definition) is 4. The van der Waals surface area contributed by atoms with E-state index in [9.17, 15) is 0 Å². The minimum absolute atomic E-state index is 0.670. The van der Waals surface area contributed by atoms with Gasteiger partial charge in [-0.2, -0.15) is 5.26 Å². The van der Waals surface area contributed by atoms with Crippen molar-refractivity contribution in [2.24, 2.45) is 5.92 Å². The number of likely N-dealkylation sites (tertiary alicyclic amines) is 1. The molecule has 2 rings (SSSR count). The summed E-state index contributed by atoms with van der Waals surface area (Å²) >= 11 is 0. The van der Waals surface area contributed by atoms with Crippen molar-refractivity contribution < 1.29 is 4.74 Å². The van der Waals surface area contributed by atoms with Crippen LogP contribution >= 0.6 is 0 Å². The van der Waals surface area contributed by atoms with E-state index < -0.39 is 0 Å². The lowest BCUT2D eigenvalue weighted by molar-refractivity contribution is 0.238. The van der Waals surface area contributed by atoms with E-state index in [0.29, 0.717) is 11.6 Å². The molecule has 0 radical (unpaired) electrons. The smallest absolute Gasteiger partial charge is 0.119 e. The van der Waals surface area contributed by atoms with Crippen LogP contribution in [0.5, 0.6) is 5.75 Å². The van der Waals surface area contributed by atoms with Crippen molar-refractivity contribution in [1.82, 2.24) is 9.80 Å². The zero-order valence-corrected chi connectivity index (χ0v) is 13.2. The van der Waals surface area contributed by atoms with Gasteiger partial charge >= 0.3 is 0 Å². The highest BCUT2D eigenvalue weighted by atomic mass is 16.5. The van der Waals surface area contributed by atoms with Crippen LogP contribution in [0.25, 0.3) is 0 Å². The minimum Gasteiger partial charge on any atom is -0.494 e. The molecule has 1 aromatic carbocycles. The van der Waals surface area contributed by atoms with E-state index in [2.05, 4.69) is 36.9 Å². The van der Waals surface area contributed by atoms with Crippen molar-refractivity contribution >= 4 is 0 Å². The first-order chi connectivity index (χ1) is 10.1. The molecule has 0 aliphatic carbocycles. The van der Waals surface area contributed by atoms with Crippen molar-refractivity contribution in [2.45, 2.75) is 19.4 Å². The molecule has 1 saturated heterocycles. The summed E-state index contributed by atoms with van der Waals surface area (Å²) in [6.45, 7) is 6.48. The molecule has 0 N–H and O–H groups in total. The molecule has 21 heavy (non-hydrogen) atoms. The summed E-state index contributed by atoms with van der Waals surface area (Å²) in [4.78, 5) is 4.86. The third-order valence-electron chi connectivity index (χ3n) is 4.18. The van der Waals surface area contributed by atoms with Gasteiger partial charge < -0.3 is 14.5 Å². The fraction of sp³-hybridized carbons (Fsp3) is 0.588. The standard InChI is InChI=1S/C17H25N3O/c1-14-12-20(13-17(14)19(2)3)9-4-10-21-16-7-5-15(11-18)6-8-16/h5-8,14,17H,4,9-10,12-13H2,1-3H3/t14-,17+/m1/s1. The molecule has 0 amide bonds. The fourth-order valence-electron chi connectivity index (χ4n) is 3.01. The predicted octanol–water partition coefficient (Wildman–Crippen LogP) is 2.21. The Balaban J connectivity index is 1.67. The maximum Gasteiger partial charge on any atom is 0.119 e. The number of nitriles is 1. The SMILES string of the molecule is C[C@@H]1CN(CCCOc2ccc(C#N)cc2)C[C@@H]1N(C)C. The Labute approximate surface area is 127 Å². The van der Waals surface area contributed by atoms with Crippen molar-refractivity contribution in [1.29, 1.82) is 5.26 Å². The summed E-state index contributed by atoms with van der Waals surface area (Å²) in [5.74, 6) is 1.58. The average molecular weight is 287 g/mol. The summed E-state index contributed by atoms with van der Waals surface area (Å²) in [5.41, 5.74) is 0.670. The number of rotatable bonds is 6. The van der Waals surface area contributed by atoms with Gasteiger partial charge in [-0.05, 0) is 50.7 Å². The van der Waals surface area contributed by atoms with Gasteiger partial charge in [0.1, 0.15) is 5.75 Å². The summed E-state index contributed by atoms with van der Waals surface area (Å²) in [5, 5.41) is 8.75. The van der Waals surface area contributed by atoms with Crippen molar-refractivity contribution in [3.05, 3.63) is 29.8 Å². The Hall–Kier alpha value is -1.57. The molecular weight excluding hydrogens is 262 g/mol. The van der Waals surface area contributed by atoms with Gasteiger partial charge in [0.05, 0.1) is 18.2 Å². The van der Waals surface area contributed by atoms with E-state index in [0.717, 1.165) is 37.8 Å². The molecular formula is C17H25N3O. The highest BCUT2D eigenvalue weighted by Crippen LogP contribution is 2.20. The van der Waals surface area contributed by atoms with E-state index in [-0.39, 0.29) is 0 Å². The number of nitrogens with zero attached hydrogens (tertiary/aromatic N) is 3. The summed E-state index contributed by atoms with van der Waals surface area (Å²) in [6.07, 6.45) is 1.03. The van der Waals surface area contributed by atoms with Crippen LogP contribution in [-0.2, 0) is 0 Å². The largest absolute Gasteiger partial charge is 0.494 e. The van der Waals surface area contributed by atoms with E-state index in [4.69, 9.17) is 10.00 Å². The Kier molecular flexibility index (Phi) is 5.60. The fourth-order valence-corrected chi connectivity index (χ4v) is 3.01. The number of likely N-dealkylation sites (N-methyl/N-ethyl adjacent to an activating group) is 1. The lowest BCUT2D eigenvalue weighted by Gasteiger charge is -2.22. The van der Waals surface area contributed by atoms with Crippen LogP contribution in [0.2, 0.25) is 0 Å². The van der Waals surface area contributed by atoms with Gasteiger partial charge in [0.15, 0.2) is 0 Å². The van der Waals surface area contributed by atoms with E-state index >= 15 is 0 Å². The van der Waals surface area contributed by atoms with Gasteiger partial charge in [-0.1, -0.05) is 6.92 Å². The summed E-state index contributed by atoms with van der Waals surface area (Å²) in [7, 11) is 4.33. The Morgan fingerprint density at radius 1 is 1.29 bits per heavy atom. The maximum atomic E-state index is 8.75. The van der Waals surface area contributed by atoms with Gasteiger partial charge in [0.25, 0.3) is 0 Å². The topological polar surface area (TPSA) is 39.5 Å². The van der Waals surface area contributed by atoms with Crippen LogP contribution in [0, 0.1) is 17.2 Å². The molecule has 0 spiro atoms. The normalized spacial score (nSPS) is 22.4. The second-order valence-electron chi connectivity index (χ2n) is 6.11. The molecule has 1 aliphatic heterocycles. The van der Waals surface area contributed by atoms with Gasteiger partial charge in [-0.15, -0.1) is 0 Å².